The van der Waals surface area contributed by atoms with Crippen molar-refractivity contribution in [3.8, 4) is 0 Å². The SMILES string of the molecule is COC(=O)[C@@H](Cc1ccc(F)c([N+](=O)[O-])c1)NC(=O)OC(C)(C)C. The van der Waals surface area contributed by atoms with Crippen molar-refractivity contribution in [2.45, 2.75) is 38.8 Å². The van der Waals surface area contributed by atoms with Crippen LogP contribution in [0.4, 0.5) is 14.9 Å². The Morgan fingerprint density at radius 1 is 1.38 bits per heavy atom. The highest BCUT2D eigenvalue weighted by atomic mass is 19.1. The van der Waals surface area contributed by atoms with Gasteiger partial charge in [-0.1, -0.05) is 6.07 Å². The van der Waals surface area contributed by atoms with Crippen molar-refractivity contribution in [1.82, 2.24) is 5.32 Å². The minimum Gasteiger partial charge on any atom is -0.467 e. The number of amides is 1. The first-order valence-corrected chi connectivity index (χ1v) is 7.03. The lowest BCUT2D eigenvalue weighted by molar-refractivity contribution is -0.387. The number of esters is 1. The van der Waals surface area contributed by atoms with Crippen LogP contribution in [0.25, 0.3) is 0 Å². The number of methoxy groups -OCH3 is 1. The molecule has 0 unspecified atom stereocenters. The number of nitrogens with zero attached hydrogens (tertiary/aromatic N) is 1. The van der Waals surface area contributed by atoms with Gasteiger partial charge in [-0.15, -0.1) is 0 Å². The molecule has 0 aliphatic rings. The molecule has 9 heteroatoms. The van der Waals surface area contributed by atoms with E-state index in [2.05, 4.69) is 10.1 Å². The van der Waals surface area contributed by atoms with Crippen molar-refractivity contribution in [1.29, 1.82) is 0 Å². The van der Waals surface area contributed by atoms with Crippen molar-refractivity contribution in [3.05, 3.63) is 39.7 Å². The van der Waals surface area contributed by atoms with Crippen LogP contribution in [-0.2, 0) is 20.7 Å². The Morgan fingerprint density at radius 2 is 2.00 bits per heavy atom. The fourth-order valence-electron chi connectivity index (χ4n) is 1.85. The summed E-state index contributed by atoms with van der Waals surface area (Å²) in [5.41, 5.74) is -1.19. The van der Waals surface area contributed by atoms with E-state index in [-0.39, 0.29) is 12.0 Å². The molecule has 132 valence electrons. The highest BCUT2D eigenvalue weighted by molar-refractivity contribution is 5.81. The molecular formula is C15H19FN2O6. The molecule has 0 fully saturated rings. The van der Waals surface area contributed by atoms with E-state index in [4.69, 9.17) is 4.74 Å². The second-order valence-corrected chi connectivity index (χ2v) is 5.97. The number of nitro benzene ring substituents is 1. The number of nitrogens with one attached hydrogen (secondary N) is 1. The Hall–Kier alpha value is -2.71. The molecular weight excluding hydrogens is 323 g/mol. The molecule has 1 atom stereocenters. The van der Waals surface area contributed by atoms with Gasteiger partial charge < -0.3 is 14.8 Å². The van der Waals surface area contributed by atoms with Gasteiger partial charge >= 0.3 is 17.7 Å². The lowest BCUT2D eigenvalue weighted by Crippen LogP contribution is -2.45. The molecule has 0 aliphatic carbocycles. The number of alkyl carbamates (subject to hydrolysis) is 1. The van der Waals surface area contributed by atoms with E-state index in [0.29, 0.717) is 0 Å². The first-order valence-electron chi connectivity index (χ1n) is 7.03. The number of hydrogen-bond donors (Lipinski definition) is 1. The zero-order valence-electron chi connectivity index (χ0n) is 13.8. The number of rotatable bonds is 5. The largest absolute Gasteiger partial charge is 0.467 e. The Morgan fingerprint density at radius 3 is 2.50 bits per heavy atom. The van der Waals surface area contributed by atoms with Crippen molar-refractivity contribution in [2.75, 3.05) is 7.11 Å². The van der Waals surface area contributed by atoms with Gasteiger partial charge in [0.05, 0.1) is 12.0 Å². The van der Waals surface area contributed by atoms with E-state index >= 15 is 0 Å². The van der Waals surface area contributed by atoms with E-state index < -0.39 is 40.1 Å². The average molecular weight is 342 g/mol. The van der Waals surface area contributed by atoms with Crippen LogP contribution in [0.3, 0.4) is 0 Å². The van der Waals surface area contributed by atoms with Gasteiger partial charge in [0.15, 0.2) is 0 Å². The monoisotopic (exact) mass is 342 g/mol. The quantitative estimate of drug-likeness (QED) is 0.500. The average Bonchev–Trinajstić information content (AvgIpc) is 2.45. The first kappa shape index (κ1) is 19.3. The number of carbonyl (C=O) groups excluding carboxylic acids is 2. The fourth-order valence-corrected chi connectivity index (χ4v) is 1.85. The van der Waals surface area contributed by atoms with Crippen LogP contribution in [-0.4, -0.2) is 35.7 Å². The zero-order chi connectivity index (χ0) is 18.5. The first-order chi connectivity index (χ1) is 11.0. The maximum atomic E-state index is 13.4. The molecule has 8 nitrogen and oxygen atoms in total. The lowest BCUT2D eigenvalue weighted by Gasteiger charge is -2.22. The van der Waals surface area contributed by atoms with Crippen LogP contribution >= 0.6 is 0 Å². The third-order valence-corrected chi connectivity index (χ3v) is 2.82. The Bertz CT molecular complexity index is 641. The highest BCUT2D eigenvalue weighted by Gasteiger charge is 2.26. The summed E-state index contributed by atoms with van der Waals surface area (Å²) >= 11 is 0. The second kappa shape index (κ2) is 7.71. The maximum Gasteiger partial charge on any atom is 0.408 e. The number of carbonyl (C=O) groups is 2. The molecule has 0 bridgehead atoms. The summed E-state index contributed by atoms with van der Waals surface area (Å²) in [6.45, 7) is 4.97. The van der Waals surface area contributed by atoms with Gasteiger partial charge in [0.1, 0.15) is 11.6 Å². The maximum absolute atomic E-state index is 13.4. The minimum absolute atomic E-state index is 0.118. The van der Waals surface area contributed by atoms with E-state index in [0.717, 1.165) is 19.2 Å². The molecule has 1 aromatic rings. The highest BCUT2D eigenvalue weighted by Crippen LogP contribution is 2.19. The Kier molecular flexibility index (Phi) is 6.21. The molecule has 1 N–H and O–H groups in total. The smallest absolute Gasteiger partial charge is 0.408 e. The van der Waals surface area contributed by atoms with Crippen LogP contribution in [0.2, 0.25) is 0 Å². The second-order valence-electron chi connectivity index (χ2n) is 5.97. The molecule has 0 heterocycles. The van der Waals surface area contributed by atoms with E-state index in [1.165, 1.54) is 6.07 Å². The summed E-state index contributed by atoms with van der Waals surface area (Å²) in [5.74, 6) is -1.74. The molecule has 1 rings (SSSR count). The molecule has 0 aliphatic heterocycles. The van der Waals surface area contributed by atoms with Gasteiger partial charge in [0.2, 0.25) is 5.82 Å². The van der Waals surface area contributed by atoms with Crippen molar-refractivity contribution in [3.63, 3.8) is 0 Å². The van der Waals surface area contributed by atoms with E-state index in [1.807, 2.05) is 0 Å². The van der Waals surface area contributed by atoms with Crippen molar-refractivity contribution >= 4 is 17.7 Å². The third-order valence-electron chi connectivity index (χ3n) is 2.82. The van der Waals surface area contributed by atoms with Crippen LogP contribution in [0, 0.1) is 15.9 Å². The number of hydrogen-bond acceptors (Lipinski definition) is 6. The number of nitro groups is 1. The molecule has 0 saturated heterocycles. The van der Waals surface area contributed by atoms with Crippen molar-refractivity contribution in [2.24, 2.45) is 0 Å². The Balaban J connectivity index is 2.95. The van der Waals surface area contributed by atoms with Gasteiger partial charge in [0.25, 0.3) is 0 Å². The molecule has 0 saturated carbocycles. The predicted octanol–water partition coefficient (Wildman–Crippen LogP) is 2.34. The summed E-state index contributed by atoms with van der Waals surface area (Å²) < 4.78 is 23.0. The molecule has 1 aromatic carbocycles. The van der Waals surface area contributed by atoms with Gasteiger partial charge in [-0.2, -0.15) is 4.39 Å². The minimum atomic E-state index is -1.13. The Labute approximate surface area is 138 Å². The molecule has 0 aromatic heterocycles. The van der Waals surface area contributed by atoms with Gasteiger partial charge in [-0.25, -0.2) is 9.59 Å². The lowest BCUT2D eigenvalue weighted by atomic mass is 10.1. The summed E-state index contributed by atoms with van der Waals surface area (Å²) in [6, 6.07) is 2.08. The predicted molar refractivity (Wildman–Crippen MR) is 81.9 cm³/mol. The normalized spacial score (nSPS) is 12.2. The molecule has 1 amide bonds. The molecule has 0 spiro atoms. The van der Waals surface area contributed by atoms with E-state index in [9.17, 15) is 24.1 Å². The number of ether oxygens (including phenoxy) is 2. The van der Waals surface area contributed by atoms with Crippen LogP contribution in [0.15, 0.2) is 18.2 Å². The van der Waals surface area contributed by atoms with Crippen LogP contribution in [0.5, 0.6) is 0 Å². The third kappa shape index (κ3) is 5.82. The summed E-state index contributed by atoms with van der Waals surface area (Å²) in [4.78, 5) is 33.5. The molecule has 0 radical (unpaired) electrons. The summed E-state index contributed by atoms with van der Waals surface area (Å²) in [6.07, 6.45) is -0.956. The van der Waals surface area contributed by atoms with Crippen molar-refractivity contribution < 1.29 is 28.4 Å². The summed E-state index contributed by atoms with van der Waals surface area (Å²) in [7, 11) is 1.14. The topological polar surface area (TPSA) is 108 Å². The van der Waals surface area contributed by atoms with Crippen LogP contribution in [0.1, 0.15) is 26.3 Å². The van der Waals surface area contributed by atoms with Gasteiger partial charge in [-0.3, -0.25) is 10.1 Å². The number of halogens is 1. The zero-order valence-corrected chi connectivity index (χ0v) is 13.8. The number of benzene rings is 1. The summed E-state index contributed by atoms with van der Waals surface area (Å²) in [5, 5.41) is 13.1. The fraction of sp³-hybridized carbons (Fsp3) is 0.467. The van der Waals surface area contributed by atoms with E-state index in [1.54, 1.807) is 20.8 Å². The van der Waals surface area contributed by atoms with Gasteiger partial charge in [-0.05, 0) is 32.4 Å². The van der Waals surface area contributed by atoms with Gasteiger partial charge in [0, 0.05) is 12.5 Å². The standard InChI is InChI=1S/C15H19FN2O6/c1-15(2,3)24-14(20)17-11(13(19)23-4)7-9-5-6-10(16)12(8-9)18(21)22/h5-6,8,11H,7H2,1-4H3,(H,17,20)/t11-/m1/s1. The molecule has 24 heavy (non-hydrogen) atoms. The van der Waals surface area contributed by atoms with Crippen LogP contribution < -0.4 is 5.32 Å².